The molecule has 0 aliphatic carbocycles. The molecule has 1 N–H and O–H groups in total. The van der Waals surface area contributed by atoms with Gasteiger partial charge < -0.3 is 4.57 Å². The van der Waals surface area contributed by atoms with Crippen LogP contribution in [0.4, 0.5) is 0 Å². The second kappa shape index (κ2) is 9.85. The van der Waals surface area contributed by atoms with Crippen LogP contribution in [0, 0.1) is 11.3 Å². The summed E-state index contributed by atoms with van der Waals surface area (Å²) in [6.07, 6.45) is 2.23. The Balaban J connectivity index is 1.57. The van der Waals surface area contributed by atoms with Crippen LogP contribution < -0.4 is 11.2 Å². The van der Waals surface area contributed by atoms with Gasteiger partial charge in [-0.2, -0.15) is 4.68 Å². The van der Waals surface area contributed by atoms with Gasteiger partial charge in [0.1, 0.15) is 12.2 Å². The topological polar surface area (TPSA) is 116 Å². The average molecular weight is 513 g/mol. The monoisotopic (exact) mass is 512 g/mol. The third-order valence-electron chi connectivity index (χ3n) is 6.31. The van der Waals surface area contributed by atoms with Gasteiger partial charge in [0.05, 0.1) is 5.69 Å². The van der Waals surface area contributed by atoms with Crippen LogP contribution in [-0.2, 0) is 19.5 Å². The van der Waals surface area contributed by atoms with Crippen LogP contribution in [0.2, 0.25) is 0 Å². The van der Waals surface area contributed by atoms with Crippen LogP contribution in [-0.4, -0.2) is 39.3 Å². The summed E-state index contributed by atoms with van der Waals surface area (Å²) in [7, 11) is 0. The molecule has 0 aliphatic rings. The van der Waals surface area contributed by atoms with E-state index in [0.29, 0.717) is 30.7 Å². The molecule has 3 aromatic heterocycles. The fourth-order valence-corrected chi connectivity index (χ4v) is 4.66. The molecule has 0 spiro atoms. The van der Waals surface area contributed by atoms with E-state index >= 15 is 0 Å². The predicted molar refractivity (Wildman–Crippen MR) is 146 cm³/mol. The summed E-state index contributed by atoms with van der Waals surface area (Å²) in [5.74, 6) is 0.927. The van der Waals surface area contributed by atoms with E-state index < -0.39 is 5.69 Å². The molecular weight excluding hydrogens is 480 g/mol. The molecule has 5 rings (SSSR count). The van der Waals surface area contributed by atoms with Gasteiger partial charge in [-0.3, -0.25) is 14.3 Å². The van der Waals surface area contributed by atoms with Crippen molar-refractivity contribution in [3.8, 4) is 16.8 Å². The van der Waals surface area contributed by atoms with Crippen molar-refractivity contribution in [3.63, 3.8) is 0 Å². The molecule has 38 heavy (non-hydrogen) atoms. The number of benzene rings is 2. The maximum absolute atomic E-state index is 13.5. The molecule has 0 amide bonds. The van der Waals surface area contributed by atoms with Gasteiger partial charge in [0.15, 0.2) is 11.2 Å². The number of nitrogens with one attached hydrogen (secondary N) is 1. The van der Waals surface area contributed by atoms with Crippen LogP contribution in [0.3, 0.4) is 0 Å². The molecule has 10 nitrogen and oxygen atoms in total. The quantitative estimate of drug-likeness (QED) is 0.354. The molecule has 196 valence electrons. The molecule has 0 bridgehead atoms. The largest absolute Gasteiger partial charge is 0.330 e. The van der Waals surface area contributed by atoms with Gasteiger partial charge in [-0.25, -0.2) is 9.78 Å². The SMILES string of the molecule is CC(C)Cn1c(=O)[nH]c2nc(CC(C)(C)C)n(Cc3ccc(-c4ccccc4-n4cnnn4)cc3)c2c1=O. The lowest BCUT2D eigenvalue weighted by molar-refractivity contribution is 0.394. The molecule has 3 heterocycles. The molecule has 0 aliphatic heterocycles. The van der Waals surface area contributed by atoms with Crippen LogP contribution >= 0.6 is 0 Å². The lowest BCUT2D eigenvalue weighted by atomic mass is 9.92. The minimum Gasteiger partial charge on any atom is -0.318 e. The van der Waals surface area contributed by atoms with E-state index in [1.807, 2.05) is 42.7 Å². The number of nitrogens with zero attached hydrogens (tertiary/aromatic N) is 7. The summed E-state index contributed by atoms with van der Waals surface area (Å²) in [5.41, 5.74) is 3.91. The average Bonchev–Trinajstić information content (AvgIpc) is 3.50. The van der Waals surface area contributed by atoms with Crippen molar-refractivity contribution in [3.05, 3.63) is 87.1 Å². The predicted octanol–water partition coefficient (Wildman–Crippen LogP) is 3.82. The van der Waals surface area contributed by atoms with Crippen molar-refractivity contribution in [2.24, 2.45) is 11.3 Å². The summed E-state index contributed by atoms with van der Waals surface area (Å²) in [6, 6.07) is 16.2. The molecule has 5 aromatic rings. The molecule has 0 fully saturated rings. The van der Waals surface area contributed by atoms with E-state index in [0.717, 1.165) is 28.2 Å². The number of hydrogen-bond acceptors (Lipinski definition) is 6. The van der Waals surface area contributed by atoms with E-state index in [1.165, 1.54) is 4.57 Å². The highest BCUT2D eigenvalue weighted by molar-refractivity contribution is 5.73. The van der Waals surface area contributed by atoms with E-state index in [2.05, 4.69) is 65.5 Å². The first kappa shape index (κ1) is 25.3. The summed E-state index contributed by atoms with van der Waals surface area (Å²) in [4.78, 5) is 33.8. The number of aromatic nitrogens is 8. The number of imidazole rings is 1. The lowest BCUT2D eigenvalue weighted by Gasteiger charge is -2.19. The van der Waals surface area contributed by atoms with E-state index in [1.54, 1.807) is 11.0 Å². The molecule has 0 saturated carbocycles. The molecule has 0 atom stereocenters. The summed E-state index contributed by atoms with van der Waals surface area (Å²) >= 11 is 0. The van der Waals surface area contributed by atoms with Crippen molar-refractivity contribution in [1.29, 1.82) is 0 Å². The Hall–Kier alpha value is -4.34. The molecular formula is C28H32N8O2. The number of tetrazole rings is 1. The third kappa shape index (κ3) is 5.06. The maximum Gasteiger partial charge on any atom is 0.330 e. The van der Waals surface area contributed by atoms with Crippen molar-refractivity contribution >= 4 is 11.2 Å². The number of aromatic amines is 1. The number of rotatable bonds is 7. The van der Waals surface area contributed by atoms with E-state index in [4.69, 9.17) is 4.98 Å². The second-order valence-corrected chi connectivity index (χ2v) is 11.3. The molecule has 0 radical (unpaired) electrons. The second-order valence-electron chi connectivity index (χ2n) is 11.3. The Morgan fingerprint density at radius 2 is 1.71 bits per heavy atom. The Bertz CT molecular complexity index is 1680. The van der Waals surface area contributed by atoms with E-state index in [-0.39, 0.29) is 16.9 Å². The van der Waals surface area contributed by atoms with Crippen LogP contribution in [0.15, 0.2) is 64.4 Å². The maximum atomic E-state index is 13.5. The van der Waals surface area contributed by atoms with E-state index in [9.17, 15) is 9.59 Å². The van der Waals surface area contributed by atoms with Crippen LogP contribution in [0.1, 0.15) is 46.0 Å². The fourth-order valence-electron chi connectivity index (χ4n) is 4.66. The highest BCUT2D eigenvalue weighted by atomic mass is 16.2. The lowest BCUT2D eigenvalue weighted by Crippen LogP contribution is -2.37. The van der Waals surface area contributed by atoms with Gasteiger partial charge in [-0.05, 0) is 39.0 Å². The first-order valence-corrected chi connectivity index (χ1v) is 12.7. The Morgan fingerprint density at radius 1 is 0.974 bits per heavy atom. The van der Waals surface area contributed by atoms with Crippen molar-refractivity contribution in [2.45, 2.75) is 54.1 Å². The zero-order valence-corrected chi connectivity index (χ0v) is 22.3. The minimum atomic E-state index is -0.422. The van der Waals surface area contributed by atoms with Crippen molar-refractivity contribution in [1.82, 2.24) is 39.3 Å². The number of H-pyrrole nitrogens is 1. The van der Waals surface area contributed by atoms with Crippen molar-refractivity contribution < 1.29 is 0 Å². The zero-order valence-electron chi connectivity index (χ0n) is 22.3. The molecule has 0 saturated heterocycles. The summed E-state index contributed by atoms with van der Waals surface area (Å²) < 4.78 is 4.88. The van der Waals surface area contributed by atoms with Gasteiger partial charge in [-0.1, -0.05) is 77.1 Å². The number of fused-ring (bicyclic) bond motifs is 1. The standard InChI is InChI=1S/C28H32N8O2/c1-18(2)15-35-26(37)24-25(31-27(35)38)30-23(14-28(3,4)5)34(24)16-19-10-12-20(13-11-19)21-8-6-7-9-22(21)36-17-29-32-33-36/h6-13,17-18H,14-16H2,1-5H3,(H,31,38). The van der Waals surface area contributed by atoms with Gasteiger partial charge in [0, 0.05) is 25.1 Å². The minimum absolute atomic E-state index is 0.0554. The van der Waals surface area contributed by atoms with Gasteiger partial charge in [-0.15, -0.1) is 5.10 Å². The fraction of sp³-hybridized carbons (Fsp3) is 0.357. The van der Waals surface area contributed by atoms with Crippen molar-refractivity contribution in [2.75, 3.05) is 0 Å². The first-order valence-electron chi connectivity index (χ1n) is 12.7. The first-order chi connectivity index (χ1) is 18.1. The number of hydrogen-bond donors (Lipinski definition) is 1. The van der Waals surface area contributed by atoms with Gasteiger partial charge in [0.2, 0.25) is 0 Å². The smallest absolute Gasteiger partial charge is 0.318 e. The van der Waals surface area contributed by atoms with Crippen LogP contribution in [0.5, 0.6) is 0 Å². The molecule has 2 aromatic carbocycles. The highest BCUT2D eigenvalue weighted by Crippen LogP contribution is 2.27. The van der Waals surface area contributed by atoms with Gasteiger partial charge >= 0.3 is 5.69 Å². The molecule has 0 unspecified atom stereocenters. The Labute approximate surface area is 220 Å². The summed E-state index contributed by atoms with van der Waals surface area (Å²) in [6.45, 7) is 11.2. The summed E-state index contributed by atoms with van der Waals surface area (Å²) in [5, 5.41) is 11.5. The third-order valence-corrected chi connectivity index (χ3v) is 6.31. The number of para-hydroxylation sites is 1. The highest BCUT2D eigenvalue weighted by Gasteiger charge is 2.22. The normalized spacial score (nSPS) is 12.1. The Morgan fingerprint density at radius 3 is 2.37 bits per heavy atom. The Kier molecular flexibility index (Phi) is 6.56. The van der Waals surface area contributed by atoms with Crippen LogP contribution in [0.25, 0.3) is 28.0 Å². The van der Waals surface area contributed by atoms with Gasteiger partial charge in [0.25, 0.3) is 5.56 Å². The zero-order chi connectivity index (χ0) is 27.0. The molecule has 10 heteroatoms.